The van der Waals surface area contributed by atoms with Crippen LogP contribution in [-0.4, -0.2) is 24.4 Å². The van der Waals surface area contributed by atoms with E-state index in [9.17, 15) is 5.11 Å². The molecule has 0 aliphatic carbocycles. The Balaban J connectivity index is 1.78. The molecule has 4 heteroatoms. The van der Waals surface area contributed by atoms with Gasteiger partial charge in [-0.3, -0.25) is 0 Å². The van der Waals surface area contributed by atoms with Crippen LogP contribution < -0.4 is 4.74 Å². The van der Waals surface area contributed by atoms with E-state index in [1.165, 1.54) is 6.42 Å². The van der Waals surface area contributed by atoms with Crippen molar-refractivity contribution in [3.63, 3.8) is 0 Å². The lowest BCUT2D eigenvalue weighted by Gasteiger charge is -2.13. The fourth-order valence-corrected chi connectivity index (χ4v) is 2.45. The number of halogens is 1. The van der Waals surface area contributed by atoms with Crippen molar-refractivity contribution in [1.82, 2.24) is 0 Å². The number of aliphatic hydroxyl groups is 1. The van der Waals surface area contributed by atoms with Crippen molar-refractivity contribution in [3.05, 3.63) is 28.8 Å². The molecule has 1 heterocycles. The smallest absolute Gasteiger partial charge is 0.143 e. The molecule has 1 atom stereocenters. The van der Waals surface area contributed by atoms with E-state index in [2.05, 4.69) is 0 Å². The SMILES string of the molecule is OCc1cccc(Cl)c1OCCCC1CCCO1. The maximum Gasteiger partial charge on any atom is 0.143 e. The van der Waals surface area contributed by atoms with E-state index in [-0.39, 0.29) is 6.61 Å². The lowest BCUT2D eigenvalue weighted by atomic mass is 10.1. The van der Waals surface area contributed by atoms with E-state index in [1.54, 1.807) is 6.07 Å². The third-order valence-corrected chi connectivity index (χ3v) is 3.46. The molecule has 0 aromatic heterocycles. The Morgan fingerprint density at radius 3 is 3.06 bits per heavy atom. The lowest BCUT2D eigenvalue weighted by molar-refractivity contribution is 0.0980. The van der Waals surface area contributed by atoms with Crippen molar-refractivity contribution in [2.24, 2.45) is 0 Å². The Labute approximate surface area is 113 Å². The monoisotopic (exact) mass is 270 g/mol. The Bertz CT molecular complexity index is 375. The van der Waals surface area contributed by atoms with E-state index in [0.29, 0.717) is 23.5 Å². The molecule has 1 aromatic rings. The maximum absolute atomic E-state index is 9.21. The standard InChI is InChI=1S/C14H19ClO3/c15-13-7-1-4-11(10-16)14(13)18-9-3-6-12-5-2-8-17-12/h1,4,7,12,16H,2-3,5-6,8-10H2. The van der Waals surface area contributed by atoms with Gasteiger partial charge in [-0.1, -0.05) is 23.7 Å². The summed E-state index contributed by atoms with van der Waals surface area (Å²) in [6, 6.07) is 5.41. The van der Waals surface area contributed by atoms with Crippen LogP contribution in [0, 0.1) is 0 Å². The molecule has 0 bridgehead atoms. The van der Waals surface area contributed by atoms with Crippen LogP contribution in [0.3, 0.4) is 0 Å². The zero-order valence-electron chi connectivity index (χ0n) is 10.4. The van der Waals surface area contributed by atoms with Crippen molar-refractivity contribution >= 4 is 11.6 Å². The van der Waals surface area contributed by atoms with E-state index in [0.717, 1.165) is 31.4 Å². The van der Waals surface area contributed by atoms with Crippen molar-refractivity contribution in [3.8, 4) is 5.75 Å². The molecule has 3 nitrogen and oxygen atoms in total. The summed E-state index contributed by atoms with van der Waals surface area (Å²) in [4.78, 5) is 0. The average molecular weight is 271 g/mol. The van der Waals surface area contributed by atoms with Crippen molar-refractivity contribution in [2.45, 2.75) is 38.4 Å². The predicted octanol–water partition coefficient (Wildman–Crippen LogP) is 3.17. The van der Waals surface area contributed by atoms with E-state index < -0.39 is 0 Å². The van der Waals surface area contributed by atoms with Crippen LogP contribution in [-0.2, 0) is 11.3 Å². The first-order valence-corrected chi connectivity index (χ1v) is 6.81. The van der Waals surface area contributed by atoms with Crippen molar-refractivity contribution in [2.75, 3.05) is 13.2 Å². The minimum atomic E-state index is -0.0539. The third-order valence-electron chi connectivity index (χ3n) is 3.16. The minimum absolute atomic E-state index is 0.0539. The highest BCUT2D eigenvalue weighted by molar-refractivity contribution is 6.32. The van der Waals surface area contributed by atoms with E-state index >= 15 is 0 Å². The second-order valence-corrected chi connectivity index (χ2v) is 4.92. The molecule has 1 aliphatic rings. The normalized spacial score (nSPS) is 19.1. The highest BCUT2D eigenvalue weighted by Gasteiger charge is 2.15. The number of hydrogen-bond donors (Lipinski definition) is 1. The Morgan fingerprint density at radius 2 is 2.33 bits per heavy atom. The zero-order valence-corrected chi connectivity index (χ0v) is 11.2. The van der Waals surface area contributed by atoms with Gasteiger partial charge >= 0.3 is 0 Å². The van der Waals surface area contributed by atoms with Crippen LogP contribution in [0.15, 0.2) is 18.2 Å². The van der Waals surface area contributed by atoms with Gasteiger partial charge in [0, 0.05) is 12.2 Å². The van der Waals surface area contributed by atoms with Crippen LogP contribution in [0.5, 0.6) is 5.75 Å². The summed E-state index contributed by atoms with van der Waals surface area (Å²) in [5.41, 5.74) is 0.736. The molecule has 1 saturated heterocycles. The van der Waals surface area contributed by atoms with E-state index in [1.807, 2.05) is 12.1 Å². The Hall–Kier alpha value is -0.770. The molecular formula is C14H19ClO3. The van der Waals surface area contributed by atoms with Gasteiger partial charge in [0.2, 0.25) is 0 Å². The quantitative estimate of drug-likeness (QED) is 0.807. The second-order valence-electron chi connectivity index (χ2n) is 4.51. The number of aliphatic hydroxyl groups excluding tert-OH is 1. The third kappa shape index (κ3) is 3.61. The molecule has 0 amide bonds. The van der Waals surface area contributed by atoms with Crippen LogP contribution in [0.2, 0.25) is 5.02 Å². The summed E-state index contributed by atoms with van der Waals surface area (Å²) in [6.07, 6.45) is 4.70. The van der Waals surface area contributed by atoms with Crippen LogP contribution in [0.4, 0.5) is 0 Å². The first-order chi connectivity index (χ1) is 8.81. The second kappa shape index (κ2) is 6.98. The molecule has 0 spiro atoms. The Morgan fingerprint density at radius 1 is 1.44 bits per heavy atom. The summed E-state index contributed by atoms with van der Waals surface area (Å²) in [5.74, 6) is 0.606. The molecule has 1 aromatic carbocycles. The average Bonchev–Trinajstić information content (AvgIpc) is 2.89. The highest BCUT2D eigenvalue weighted by Crippen LogP contribution is 2.29. The molecule has 100 valence electrons. The van der Waals surface area contributed by atoms with Gasteiger partial charge < -0.3 is 14.6 Å². The van der Waals surface area contributed by atoms with Gasteiger partial charge in [0.25, 0.3) is 0 Å². The number of para-hydroxylation sites is 1. The molecule has 0 saturated carbocycles. The van der Waals surface area contributed by atoms with Gasteiger partial charge in [0.1, 0.15) is 5.75 Å². The summed E-state index contributed by atoms with van der Waals surface area (Å²) >= 11 is 6.05. The molecule has 1 unspecified atom stereocenters. The first-order valence-electron chi connectivity index (χ1n) is 6.44. The lowest BCUT2D eigenvalue weighted by Crippen LogP contribution is -2.08. The van der Waals surface area contributed by atoms with Crippen molar-refractivity contribution in [1.29, 1.82) is 0 Å². The molecule has 2 rings (SSSR count). The predicted molar refractivity (Wildman–Crippen MR) is 71.1 cm³/mol. The summed E-state index contributed by atoms with van der Waals surface area (Å²) in [5, 5.41) is 9.77. The van der Waals surface area contributed by atoms with Gasteiger partial charge in [-0.15, -0.1) is 0 Å². The van der Waals surface area contributed by atoms with E-state index in [4.69, 9.17) is 21.1 Å². The number of rotatable bonds is 6. The van der Waals surface area contributed by atoms with Crippen LogP contribution in [0.25, 0.3) is 0 Å². The molecule has 1 N–H and O–H groups in total. The van der Waals surface area contributed by atoms with Gasteiger partial charge in [0.15, 0.2) is 0 Å². The van der Waals surface area contributed by atoms with Gasteiger partial charge in [-0.2, -0.15) is 0 Å². The van der Waals surface area contributed by atoms with Crippen molar-refractivity contribution < 1.29 is 14.6 Å². The molecule has 0 radical (unpaired) electrons. The Kier molecular flexibility index (Phi) is 5.29. The molecular weight excluding hydrogens is 252 g/mol. The summed E-state index contributed by atoms with van der Waals surface area (Å²) < 4.78 is 11.2. The molecule has 1 aliphatic heterocycles. The summed E-state index contributed by atoms with van der Waals surface area (Å²) in [7, 11) is 0. The first kappa shape index (κ1) is 13.7. The van der Waals surface area contributed by atoms with Gasteiger partial charge in [0.05, 0.1) is 24.3 Å². The number of benzene rings is 1. The summed E-state index contributed by atoms with van der Waals surface area (Å²) in [6.45, 7) is 1.45. The number of hydrogen-bond acceptors (Lipinski definition) is 3. The fraction of sp³-hybridized carbons (Fsp3) is 0.571. The fourth-order valence-electron chi connectivity index (χ4n) is 2.20. The molecule has 1 fully saturated rings. The topological polar surface area (TPSA) is 38.7 Å². The zero-order chi connectivity index (χ0) is 12.8. The number of ether oxygens (including phenoxy) is 2. The van der Waals surface area contributed by atoms with Gasteiger partial charge in [-0.05, 0) is 31.7 Å². The largest absolute Gasteiger partial charge is 0.492 e. The minimum Gasteiger partial charge on any atom is -0.492 e. The highest BCUT2D eigenvalue weighted by atomic mass is 35.5. The van der Waals surface area contributed by atoms with Crippen LogP contribution >= 0.6 is 11.6 Å². The maximum atomic E-state index is 9.21. The van der Waals surface area contributed by atoms with Crippen LogP contribution in [0.1, 0.15) is 31.2 Å². The molecule has 18 heavy (non-hydrogen) atoms. The van der Waals surface area contributed by atoms with Gasteiger partial charge in [-0.25, -0.2) is 0 Å².